The van der Waals surface area contributed by atoms with E-state index in [0.29, 0.717) is 0 Å². The van der Waals surface area contributed by atoms with Crippen molar-refractivity contribution < 1.29 is 9.52 Å². The fourth-order valence-electron chi connectivity index (χ4n) is 1.29. The van der Waals surface area contributed by atoms with Gasteiger partial charge in [-0.05, 0) is 26.1 Å². The second-order valence-corrected chi connectivity index (χ2v) is 3.06. The van der Waals surface area contributed by atoms with Crippen LogP contribution in [0.15, 0.2) is 16.5 Å². The van der Waals surface area contributed by atoms with Crippen molar-refractivity contribution >= 4 is 0 Å². The molecule has 0 aliphatic rings. The summed E-state index contributed by atoms with van der Waals surface area (Å²) in [5, 5.41) is 11.9. The lowest BCUT2D eigenvalue weighted by atomic mass is 10.1. The van der Waals surface area contributed by atoms with Crippen LogP contribution in [0.4, 0.5) is 0 Å². The molecule has 0 aliphatic carbocycles. The Bertz CT molecular complexity index is 260. The second-order valence-electron chi connectivity index (χ2n) is 3.06. The summed E-state index contributed by atoms with van der Waals surface area (Å²) in [5.41, 5.74) is 5.70. The third-order valence-corrected chi connectivity index (χ3v) is 2.02. The molecule has 74 valence electrons. The molecule has 4 heteroatoms. The number of nitrogens with two attached hydrogens (primary N) is 1. The second kappa shape index (κ2) is 4.41. The molecule has 0 fully saturated rings. The standard InChI is InChI=1S/C9H16N2O2/c1-6-3-4-8(13-6)9(11-2)7(10)5-12/h3-4,7,9,11-12H,5,10H2,1-2H3. The van der Waals surface area contributed by atoms with E-state index in [1.165, 1.54) is 0 Å². The van der Waals surface area contributed by atoms with Gasteiger partial charge in [0.25, 0.3) is 0 Å². The largest absolute Gasteiger partial charge is 0.465 e. The molecule has 0 amide bonds. The molecular weight excluding hydrogens is 168 g/mol. The van der Waals surface area contributed by atoms with Crippen LogP contribution in [0.5, 0.6) is 0 Å². The Morgan fingerprint density at radius 1 is 1.62 bits per heavy atom. The zero-order chi connectivity index (χ0) is 9.84. The van der Waals surface area contributed by atoms with Crippen LogP contribution in [0.1, 0.15) is 17.6 Å². The van der Waals surface area contributed by atoms with Crippen LogP contribution in [-0.2, 0) is 0 Å². The third-order valence-electron chi connectivity index (χ3n) is 2.02. The van der Waals surface area contributed by atoms with E-state index in [2.05, 4.69) is 5.32 Å². The van der Waals surface area contributed by atoms with Crippen molar-refractivity contribution in [2.75, 3.05) is 13.7 Å². The molecule has 2 atom stereocenters. The average Bonchev–Trinajstić information content (AvgIpc) is 2.53. The Morgan fingerprint density at radius 3 is 2.69 bits per heavy atom. The van der Waals surface area contributed by atoms with Crippen LogP contribution in [-0.4, -0.2) is 24.8 Å². The molecule has 0 radical (unpaired) electrons. The Balaban J connectivity index is 2.77. The molecule has 1 rings (SSSR count). The van der Waals surface area contributed by atoms with E-state index in [0.717, 1.165) is 11.5 Å². The maximum absolute atomic E-state index is 8.90. The summed E-state index contributed by atoms with van der Waals surface area (Å²) in [6.07, 6.45) is 0. The van der Waals surface area contributed by atoms with E-state index in [1.807, 2.05) is 19.1 Å². The number of rotatable bonds is 4. The predicted octanol–water partition coefficient (Wildman–Crippen LogP) is 0.168. The molecule has 4 N–H and O–H groups in total. The molecule has 0 aliphatic heterocycles. The van der Waals surface area contributed by atoms with Crippen molar-refractivity contribution in [2.45, 2.75) is 19.0 Å². The third kappa shape index (κ3) is 2.30. The van der Waals surface area contributed by atoms with Crippen molar-refractivity contribution in [2.24, 2.45) is 5.73 Å². The molecule has 4 nitrogen and oxygen atoms in total. The monoisotopic (exact) mass is 184 g/mol. The minimum absolute atomic E-state index is 0.0642. The van der Waals surface area contributed by atoms with Gasteiger partial charge in [0.1, 0.15) is 11.5 Å². The van der Waals surface area contributed by atoms with Gasteiger partial charge < -0.3 is 20.6 Å². The molecule has 13 heavy (non-hydrogen) atoms. The lowest BCUT2D eigenvalue weighted by Crippen LogP contribution is -2.38. The SMILES string of the molecule is CNC(c1ccc(C)o1)C(N)CO. The highest BCUT2D eigenvalue weighted by Crippen LogP contribution is 2.17. The van der Waals surface area contributed by atoms with Gasteiger partial charge in [0.15, 0.2) is 0 Å². The van der Waals surface area contributed by atoms with Crippen LogP contribution in [0.25, 0.3) is 0 Å². The number of furan rings is 1. The van der Waals surface area contributed by atoms with E-state index in [-0.39, 0.29) is 18.7 Å². The van der Waals surface area contributed by atoms with Crippen LogP contribution in [0.3, 0.4) is 0 Å². The summed E-state index contributed by atoms with van der Waals surface area (Å²) in [4.78, 5) is 0. The van der Waals surface area contributed by atoms with Gasteiger partial charge in [0, 0.05) is 0 Å². The Hall–Kier alpha value is -0.840. The molecular formula is C9H16N2O2. The maximum atomic E-state index is 8.90. The molecule has 2 unspecified atom stereocenters. The van der Waals surface area contributed by atoms with Gasteiger partial charge in [0.05, 0.1) is 18.7 Å². The average molecular weight is 184 g/mol. The maximum Gasteiger partial charge on any atom is 0.122 e. The van der Waals surface area contributed by atoms with Crippen LogP contribution in [0.2, 0.25) is 0 Å². The van der Waals surface area contributed by atoms with Gasteiger partial charge >= 0.3 is 0 Å². The van der Waals surface area contributed by atoms with Crippen LogP contribution >= 0.6 is 0 Å². The van der Waals surface area contributed by atoms with Crippen molar-refractivity contribution in [3.8, 4) is 0 Å². The van der Waals surface area contributed by atoms with Gasteiger partial charge in [-0.1, -0.05) is 0 Å². The van der Waals surface area contributed by atoms with Gasteiger partial charge in [-0.2, -0.15) is 0 Å². The molecule has 0 aromatic carbocycles. The number of hydrogen-bond donors (Lipinski definition) is 3. The smallest absolute Gasteiger partial charge is 0.122 e. The van der Waals surface area contributed by atoms with Gasteiger partial charge in [-0.25, -0.2) is 0 Å². The lowest BCUT2D eigenvalue weighted by Gasteiger charge is -2.19. The fraction of sp³-hybridized carbons (Fsp3) is 0.556. The fourth-order valence-corrected chi connectivity index (χ4v) is 1.29. The first-order valence-electron chi connectivity index (χ1n) is 4.29. The van der Waals surface area contributed by atoms with Gasteiger partial charge in [-0.3, -0.25) is 0 Å². The van der Waals surface area contributed by atoms with E-state index in [9.17, 15) is 0 Å². The molecule has 1 aromatic rings. The van der Waals surface area contributed by atoms with Crippen molar-refractivity contribution in [3.05, 3.63) is 23.7 Å². The van der Waals surface area contributed by atoms with Crippen molar-refractivity contribution in [1.82, 2.24) is 5.32 Å². The highest BCUT2D eigenvalue weighted by Gasteiger charge is 2.19. The quantitative estimate of drug-likeness (QED) is 0.623. The first-order chi connectivity index (χ1) is 6.19. The zero-order valence-corrected chi connectivity index (χ0v) is 7.95. The molecule has 0 saturated carbocycles. The first kappa shape index (κ1) is 10.2. The Kier molecular flexibility index (Phi) is 3.48. The van der Waals surface area contributed by atoms with E-state index in [4.69, 9.17) is 15.3 Å². The molecule has 0 bridgehead atoms. The van der Waals surface area contributed by atoms with Crippen molar-refractivity contribution in [3.63, 3.8) is 0 Å². The number of likely N-dealkylation sites (N-methyl/N-ethyl adjacent to an activating group) is 1. The first-order valence-corrected chi connectivity index (χ1v) is 4.29. The Morgan fingerprint density at radius 2 is 2.31 bits per heavy atom. The van der Waals surface area contributed by atoms with Crippen molar-refractivity contribution in [1.29, 1.82) is 0 Å². The number of aryl methyl sites for hydroxylation is 1. The summed E-state index contributed by atoms with van der Waals surface area (Å²) in [6, 6.07) is 3.28. The molecule has 0 saturated heterocycles. The highest BCUT2D eigenvalue weighted by atomic mass is 16.3. The summed E-state index contributed by atoms with van der Waals surface area (Å²) in [6.45, 7) is 1.81. The number of aliphatic hydroxyl groups excluding tert-OH is 1. The zero-order valence-electron chi connectivity index (χ0n) is 7.95. The summed E-state index contributed by atoms with van der Waals surface area (Å²) in [5.74, 6) is 1.61. The predicted molar refractivity (Wildman–Crippen MR) is 50.3 cm³/mol. The topological polar surface area (TPSA) is 71.4 Å². The minimum atomic E-state index is -0.337. The van der Waals surface area contributed by atoms with Crippen LogP contribution in [0, 0.1) is 6.92 Å². The highest BCUT2D eigenvalue weighted by molar-refractivity contribution is 5.11. The molecule has 1 aromatic heterocycles. The number of nitrogens with one attached hydrogen (secondary N) is 1. The van der Waals surface area contributed by atoms with Gasteiger partial charge in [0.2, 0.25) is 0 Å². The van der Waals surface area contributed by atoms with E-state index < -0.39 is 0 Å². The summed E-state index contributed by atoms with van der Waals surface area (Å²) in [7, 11) is 1.79. The number of aliphatic hydroxyl groups is 1. The Labute approximate surface area is 77.7 Å². The normalized spacial score (nSPS) is 15.7. The summed E-state index contributed by atoms with van der Waals surface area (Å²) >= 11 is 0. The van der Waals surface area contributed by atoms with Gasteiger partial charge in [-0.15, -0.1) is 0 Å². The summed E-state index contributed by atoms with van der Waals surface area (Å²) < 4.78 is 5.41. The van der Waals surface area contributed by atoms with E-state index >= 15 is 0 Å². The number of hydrogen-bond acceptors (Lipinski definition) is 4. The molecule has 0 spiro atoms. The lowest BCUT2D eigenvalue weighted by molar-refractivity contribution is 0.229. The van der Waals surface area contributed by atoms with Crippen LogP contribution < -0.4 is 11.1 Å². The van der Waals surface area contributed by atoms with E-state index in [1.54, 1.807) is 7.05 Å². The minimum Gasteiger partial charge on any atom is -0.465 e. The molecule has 1 heterocycles.